The molecule has 5 nitrogen and oxygen atoms in total. The van der Waals surface area contributed by atoms with Crippen molar-refractivity contribution in [3.8, 4) is 5.75 Å². The third-order valence-electron chi connectivity index (χ3n) is 2.58. The monoisotopic (exact) mass is 312 g/mol. The molecule has 0 aliphatic heterocycles. The highest BCUT2D eigenvalue weighted by molar-refractivity contribution is 6.32. The van der Waals surface area contributed by atoms with Gasteiger partial charge < -0.3 is 15.4 Å². The van der Waals surface area contributed by atoms with Crippen LogP contribution in [0.4, 0.5) is 5.69 Å². The van der Waals surface area contributed by atoms with Gasteiger partial charge >= 0.3 is 0 Å². The summed E-state index contributed by atoms with van der Waals surface area (Å²) in [6.07, 6.45) is 0. The third-order valence-corrected chi connectivity index (χ3v) is 2.88. The SMILES string of the molecule is CC(=O)NC(C)C(=O)Nc1ccc(OCC(C)C)c(Cl)c1. The predicted molar refractivity (Wildman–Crippen MR) is 83.7 cm³/mol. The topological polar surface area (TPSA) is 67.4 Å². The fourth-order valence-electron chi connectivity index (χ4n) is 1.57. The van der Waals surface area contributed by atoms with Crippen LogP contribution in [-0.2, 0) is 9.59 Å². The van der Waals surface area contributed by atoms with Gasteiger partial charge in [0.2, 0.25) is 11.8 Å². The number of carbonyl (C=O) groups is 2. The summed E-state index contributed by atoms with van der Waals surface area (Å²) in [5, 5.41) is 5.63. The van der Waals surface area contributed by atoms with Gasteiger partial charge in [0.15, 0.2) is 0 Å². The Kier molecular flexibility index (Phi) is 6.49. The van der Waals surface area contributed by atoms with Crippen LogP contribution >= 0.6 is 11.6 Å². The Morgan fingerprint density at radius 2 is 1.95 bits per heavy atom. The van der Waals surface area contributed by atoms with E-state index in [2.05, 4.69) is 10.6 Å². The number of amides is 2. The van der Waals surface area contributed by atoms with Crippen molar-refractivity contribution in [3.05, 3.63) is 23.2 Å². The van der Waals surface area contributed by atoms with Crippen LogP contribution < -0.4 is 15.4 Å². The number of rotatable bonds is 6. The van der Waals surface area contributed by atoms with E-state index in [-0.39, 0.29) is 11.8 Å². The first-order chi connectivity index (χ1) is 9.79. The molecule has 1 atom stereocenters. The molecular weight excluding hydrogens is 292 g/mol. The zero-order valence-corrected chi connectivity index (χ0v) is 13.5. The molecule has 2 amide bonds. The van der Waals surface area contributed by atoms with Crippen molar-refractivity contribution in [2.24, 2.45) is 5.92 Å². The number of anilines is 1. The highest BCUT2D eigenvalue weighted by Crippen LogP contribution is 2.28. The second kappa shape index (κ2) is 7.88. The van der Waals surface area contributed by atoms with Crippen molar-refractivity contribution in [2.75, 3.05) is 11.9 Å². The molecule has 0 fully saturated rings. The van der Waals surface area contributed by atoms with E-state index in [4.69, 9.17) is 16.3 Å². The van der Waals surface area contributed by atoms with Crippen LogP contribution in [0, 0.1) is 5.92 Å². The maximum absolute atomic E-state index is 11.9. The van der Waals surface area contributed by atoms with E-state index in [0.717, 1.165) is 0 Å². The van der Waals surface area contributed by atoms with E-state index in [1.54, 1.807) is 25.1 Å². The molecule has 0 aromatic heterocycles. The van der Waals surface area contributed by atoms with Gasteiger partial charge in [0, 0.05) is 12.6 Å². The Labute approximate surface area is 130 Å². The first-order valence-electron chi connectivity index (χ1n) is 6.80. The molecule has 0 saturated heterocycles. The number of nitrogens with one attached hydrogen (secondary N) is 2. The largest absolute Gasteiger partial charge is 0.492 e. The van der Waals surface area contributed by atoms with Gasteiger partial charge in [0.05, 0.1) is 11.6 Å². The van der Waals surface area contributed by atoms with Crippen LogP contribution in [-0.4, -0.2) is 24.5 Å². The van der Waals surface area contributed by atoms with Gasteiger partial charge in [-0.2, -0.15) is 0 Å². The lowest BCUT2D eigenvalue weighted by Crippen LogP contribution is -2.40. The van der Waals surface area contributed by atoms with Crippen LogP contribution in [0.25, 0.3) is 0 Å². The zero-order valence-electron chi connectivity index (χ0n) is 12.7. The first-order valence-corrected chi connectivity index (χ1v) is 7.17. The minimum atomic E-state index is -0.613. The molecule has 116 valence electrons. The van der Waals surface area contributed by atoms with Crippen LogP contribution in [0.3, 0.4) is 0 Å². The van der Waals surface area contributed by atoms with Crippen molar-refractivity contribution in [3.63, 3.8) is 0 Å². The molecule has 2 N–H and O–H groups in total. The molecule has 1 aromatic carbocycles. The van der Waals surface area contributed by atoms with E-state index in [0.29, 0.717) is 29.0 Å². The number of hydrogen-bond acceptors (Lipinski definition) is 3. The van der Waals surface area contributed by atoms with Crippen LogP contribution in [0.15, 0.2) is 18.2 Å². The third kappa shape index (κ3) is 6.04. The van der Waals surface area contributed by atoms with Gasteiger partial charge in [0.1, 0.15) is 11.8 Å². The summed E-state index contributed by atoms with van der Waals surface area (Å²) >= 11 is 6.11. The maximum Gasteiger partial charge on any atom is 0.246 e. The molecule has 6 heteroatoms. The van der Waals surface area contributed by atoms with Gasteiger partial charge in [-0.3, -0.25) is 9.59 Å². The normalized spacial score (nSPS) is 11.9. The molecule has 1 rings (SSSR count). The van der Waals surface area contributed by atoms with Gasteiger partial charge in [0.25, 0.3) is 0 Å². The molecule has 0 aliphatic carbocycles. The summed E-state index contributed by atoms with van der Waals surface area (Å²) in [5.74, 6) is 0.419. The average molecular weight is 313 g/mol. The smallest absolute Gasteiger partial charge is 0.246 e. The minimum absolute atomic E-state index is 0.256. The molecule has 21 heavy (non-hydrogen) atoms. The van der Waals surface area contributed by atoms with Crippen molar-refractivity contribution in [1.82, 2.24) is 5.32 Å². The van der Waals surface area contributed by atoms with E-state index in [9.17, 15) is 9.59 Å². The van der Waals surface area contributed by atoms with Crippen molar-refractivity contribution in [1.29, 1.82) is 0 Å². The fourth-order valence-corrected chi connectivity index (χ4v) is 1.81. The second-order valence-electron chi connectivity index (χ2n) is 5.26. The number of ether oxygens (including phenoxy) is 1. The number of carbonyl (C=O) groups excluding carboxylic acids is 2. The molecule has 0 radical (unpaired) electrons. The lowest BCUT2D eigenvalue weighted by molar-refractivity contribution is -0.124. The minimum Gasteiger partial charge on any atom is -0.492 e. The summed E-state index contributed by atoms with van der Waals surface area (Å²) in [4.78, 5) is 22.8. The maximum atomic E-state index is 11.9. The lowest BCUT2D eigenvalue weighted by Gasteiger charge is -2.14. The second-order valence-corrected chi connectivity index (χ2v) is 5.67. The molecule has 0 spiro atoms. The lowest BCUT2D eigenvalue weighted by atomic mass is 10.2. The Morgan fingerprint density at radius 3 is 2.48 bits per heavy atom. The van der Waals surface area contributed by atoms with Crippen molar-refractivity contribution < 1.29 is 14.3 Å². The summed E-state index contributed by atoms with van der Waals surface area (Å²) in [7, 11) is 0. The summed E-state index contributed by atoms with van der Waals surface area (Å²) in [5.41, 5.74) is 0.555. The molecular formula is C15H21ClN2O3. The highest BCUT2D eigenvalue weighted by Gasteiger charge is 2.14. The van der Waals surface area contributed by atoms with Gasteiger partial charge in [-0.05, 0) is 31.0 Å². The Bertz CT molecular complexity index is 518. The van der Waals surface area contributed by atoms with Crippen LogP contribution in [0.1, 0.15) is 27.7 Å². The fraction of sp³-hybridized carbons (Fsp3) is 0.467. The van der Waals surface area contributed by atoms with Gasteiger partial charge in [-0.1, -0.05) is 25.4 Å². The summed E-state index contributed by atoms with van der Waals surface area (Å²) in [6, 6.07) is 4.43. The van der Waals surface area contributed by atoms with Crippen molar-refractivity contribution in [2.45, 2.75) is 33.7 Å². The molecule has 0 bridgehead atoms. The Hall–Kier alpha value is -1.75. The van der Waals surface area contributed by atoms with Crippen LogP contribution in [0.2, 0.25) is 5.02 Å². The zero-order chi connectivity index (χ0) is 16.0. The van der Waals surface area contributed by atoms with Crippen molar-refractivity contribution >= 4 is 29.1 Å². The Balaban J connectivity index is 2.66. The molecule has 1 aromatic rings. The highest BCUT2D eigenvalue weighted by atomic mass is 35.5. The van der Waals surface area contributed by atoms with Gasteiger partial charge in [-0.25, -0.2) is 0 Å². The summed E-state index contributed by atoms with van der Waals surface area (Å²) < 4.78 is 5.56. The molecule has 1 unspecified atom stereocenters. The predicted octanol–water partition coefficient (Wildman–Crippen LogP) is 2.84. The Morgan fingerprint density at radius 1 is 1.29 bits per heavy atom. The molecule has 0 aliphatic rings. The van der Waals surface area contributed by atoms with E-state index in [1.165, 1.54) is 6.92 Å². The van der Waals surface area contributed by atoms with Gasteiger partial charge in [-0.15, -0.1) is 0 Å². The molecule has 0 saturated carbocycles. The number of benzene rings is 1. The van der Waals surface area contributed by atoms with Crippen LogP contribution in [0.5, 0.6) is 5.75 Å². The number of halogens is 1. The van der Waals surface area contributed by atoms with E-state index in [1.807, 2.05) is 13.8 Å². The average Bonchev–Trinajstić information content (AvgIpc) is 2.36. The van der Waals surface area contributed by atoms with E-state index >= 15 is 0 Å². The number of hydrogen-bond donors (Lipinski definition) is 2. The van der Waals surface area contributed by atoms with E-state index < -0.39 is 6.04 Å². The quantitative estimate of drug-likeness (QED) is 0.848. The standard InChI is InChI=1S/C15H21ClN2O3/c1-9(2)8-21-14-6-5-12(7-13(14)16)18-15(20)10(3)17-11(4)19/h5-7,9-10H,8H2,1-4H3,(H,17,19)(H,18,20). The first kappa shape index (κ1) is 17.3. The summed E-state index contributed by atoms with van der Waals surface area (Å²) in [6.45, 7) is 7.64. The molecule has 0 heterocycles.